The van der Waals surface area contributed by atoms with Gasteiger partial charge in [-0.05, 0) is 24.3 Å². The predicted octanol–water partition coefficient (Wildman–Crippen LogP) is 1.65. The van der Waals surface area contributed by atoms with Crippen molar-refractivity contribution in [1.82, 2.24) is 24.9 Å². The zero-order valence-corrected chi connectivity index (χ0v) is 13.7. The Labute approximate surface area is 146 Å². The normalized spacial score (nSPS) is 10.6. The molecule has 0 aliphatic rings. The molecule has 0 bridgehead atoms. The van der Waals surface area contributed by atoms with Gasteiger partial charge < -0.3 is 5.32 Å². The van der Waals surface area contributed by atoms with Gasteiger partial charge in [0.1, 0.15) is 5.82 Å². The van der Waals surface area contributed by atoms with Crippen LogP contribution < -0.4 is 10.9 Å². The van der Waals surface area contributed by atoms with Crippen LogP contribution in [-0.4, -0.2) is 32.0 Å². The lowest BCUT2D eigenvalue weighted by Gasteiger charge is -2.09. The summed E-state index contributed by atoms with van der Waals surface area (Å²) in [5.74, 6) is -0.895. The van der Waals surface area contributed by atoms with Gasteiger partial charge in [-0.15, -0.1) is 5.10 Å². The van der Waals surface area contributed by atoms with E-state index in [1.54, 1.807) is 24.5 Å². The molecule has 7 nitrogen and oxygen atoms in total. The third kappa shape index (κ3) is 3.74. The van der Waals surface area contributed by atoms with Crippen LogP contribution in [0.4, 0.5) is 4.39 Å². The topological polar surface area (TPSA) is 81.8 Å². The van der Waals surface area contributed by atoms with E-state index in [0.29, 0.717) is 5.82 Å². The first kappa shape index (κ1) is 16.8. The molecule has 2 heterocycles. The molecule has 0 fully saturated rings. The summed E-state index contributed by atoms with van der Waals surface area (Å²) in [5.41, 5.74) is -0.552. The number of aromatic nitrogens is 4. The third-order valence-corrected chi connectivity index (χ3v) is 3.71. The van der Waals surface area contributed by atoms with Crippen molar-refractivity contribution < 1.29 is 9.18 Å². The molecule has 0 saturated heterocycles. The first-order valence-corrected chi connectivity index (χ1v) is 7.74. The van der Waals surface area contributed by atoms with Crippen molar-refractivity contribution in [1.29, 1.82) is 0 Å². The molecule has 0 aliphatic heterocycles. The van der Waals surface area contributed by atoms with Crippen LogP contribution in [-0.2, 0) is 6.54 Å². The number of hydrogen-bond donors (Lipinski definition) is 1. The van der Waals surface area contributed by atoms with Crippen molar-refractivity contribution in [2.75, 3.05) is 6.54 Å². The molecule has 128 valence electrons. The summed E-state index contributed by atoms with van der Waals surface area (Å²) < 4.78 is 16.4. The van der Waals surface area contributed by atoms with Crippen LogP contribution in [0.1, 0.15) is 10.4 Å². The highest BCUT2D eigenvalue weighted by Gasteiger charge is 2.15. The van der Waals surface area contributed by atoms with Crippen molar-refractivity contribution in [3.8, 4) is 5.82 Å². The first-order chi connectivity index (χ1) is 12.1. The fourth-order valence-electron chi connectivity index (χ4n) is 2.20. The van der Waals surface area contributed by atoms with Crippen molar-refractivity contribution in [2.45, 2.75) is 6.54 Å². The number of nitrogens with one attached hydrogen (secondary N) is 1. The van der Waals surface area contributed by atoms with Crippen molar-refractivity contribution in [3.05, 3.63) is 75.5 Å². The number of amides is 1. The maximum absolute atomic E-state index is 13.7. The quantitative estimate of drug-likeness (QED) is 0.749. The van der Waals surface area contributed by atoms with E-state index < -0.39 is 11.7 Å². The van der Waals surface area contributed by atoms with Gasteiger partial charge in [0, 0.05) is 25.0 Å². The molecule has 3 rings (SSSR count). The summed E-state index contributed by atoms with van der Waals surface area (Å²) in [7, 11) is 0. The van der Waals surface area contributed by atoms with Crippen LogP contribution in [0.5, 0.6) is 0 Å². The van der Waals surface area contributed by atoms with Gasteiger partial charge in [0.2, 0.25) is 0 Å². The second-order valence-electron chi connectivity index (χ2n) is 5.06. The zero-order chi connectivity index (χ0) is 17.8. The van der Waals surface area contributed by atoms with E-state index in [9.17, 15) is 14.0 Å². The number of hydrogen-bond acceptors (Lipinski definition) is 4. The smallest absolute Gasteiger partial charge is 0.266 e. The van der Waals surface area contributed by atoms with Gasteiger partial charge in [-0.3, -0.25) is 9.59 Å². The Morgan fingerprint density at radius 1 is 1.24 bits per heavy atom. The van der Waals surface area contributed by atoms with E-state index in [1.165, 1.54) is 27.6 Å². The molecule has 0 aliphatic carbocycles. The van der Waals surface area contributed by atoms with E-state index in [-0.39, 0.29) is 29.2 Å². The molecule has 0 saturated carbocycles. The molecule has 1 amide bonds. The number of carbonyl (C=O) groups is 1. The van der Waals surface area contributed by atoms with Crippen LogP contribution in [0.2, 0.25) is 5.02 Å². The Balaban J connectivity index is 1.69. The summed E-state index contributed by atoms with van der Waals surface area (Å²) in [4.78, 5) is 23.9. The second-order valence-corrected chi connectivity index (χ2v) is 5.46. The largest absolute Gasteiger partial charge is 0.350 e. The average Bonchev–Trinajstić information content (AvgIpc) is 3.11. The minimum absolute atomic E-state index is 0.0217. The lowest BCUT2D eigenvalue weighted by molar-refractivity contribution is 0.0948. The molecule has 0 unspecified atom stereocenters. The van der Waals surface area contributed by atoms with Gasteiger partial charge in [-0.1, -0.05) is 17.7 Å². The van der Waals surface area contributed by atoms with Gasteiger partial charge in [0.05, 0.1) is 17.1 Å². The predicted molar refractivity (Wildman–Crippen MR) is 89.4 cm³/mol. The Bertz CT molecular complexity index is 935. The minimum Gasteiger partial charge on any atom is -0.350 e. The highest BCUT2D eigenvalue weighted by atomic mass is 35.5. The number of nitrogens with zero attached hydrogens (tertiary/aromatic N) is 4. The van der Waals surface area contributed by atoms with Crippen LogP contribution in [0.3, 0.4) is 0 Å². The summed E-state index contributed by atoms with van der Waals surface area (Å²) >= 11 is 5.85. The van der Waals surface area contributed by atoms with Crippen LogP contribution in [0.15, 0.2) is 53.6 Å². The van der Waals surface area contributed by atoms with Gasteiger partial charge in [0.15, 0.2) is 5.82 Å². The van der Waals surface area contributed by atoms with E-state index >= 15 is 0 Å². The molecule has 0 atom stereocenters. The van der Waals surface area contributed by atoms with E-state index in [2.05, 4.69) is 15.5 Å². The fourth-order valence-corrected chi connectivity index (χ4v) is 2.45. The number of benzene rings is 1. The highest BCUT2D eigenvalue weighted by Crippen LogP contribution is 2.18. The van der Waals surface area contributed by atoms with Gasteiger partial charge in [-0.2, -0.15) is 5.10 Å². The second kappa shape index (κ2) is 7.27. The van der Waals surface area contributed by atoms with E-state index in [1.807, 2.05) is 0 Å². The number of halogens is 2. The maximum atomic E-state index is 13.7. The van der Waals surface area contributed by atoms with Gasteiger partial charge in [-0.25, -0.2) is 13.8 Å². The molecule has 9 heteroatoms. The lowest BCUT2D eigenvalue weighted by atomic mass is 10.2. The third-order valence-electron chi connectivity index (χ3n) is 3.39. The standard InChI is InChI=1S/C16H13ClFN5O2/c17-11-3-1-4-12(18)15(11)16(25)19-8-10-23-14(24)6-5-13(21-23)22-9-2-7-20-22/h1-7,9H,8,10H2,(H,19,25). The molecule has 1 aromatic carbocycles. The van der Waals surface area contributed by atoms with Gasteiger partial charge >= 0.3 is 0 Å². The molecule has 0 spiro atoms. The van der Waals surface area contributed by atoms with E-state index in [0.717, 1.165) is 6.07 Å². The van der Waals surface area contributed by atoms with Crippen LogP contribution in [0, 0.1) is 5.82 Å². The molecule has 3 aromatic rings. The molecule has 1 N–H and O–H groups in total. The number of rotatable bonds is 5. The lowest BCUT2D eigenvalue weighted by Crippen LogP contribution is -2.32. The molecule has 25 heavy (non-hydrogen) atoms. The minimum atomic E-state index is -0.707. The SMILES string of the molecule is O=C(NCCn1nc(-n2cccn2)ccc1=O)c1c(F)cccc1Cl. The molecular weight excluding hydrogens is 349 g/mol. The summed E-state index contributed by atoms with van der Waals surface area (Å²) in [6, 6.07) is 8.64. The van der Waals surface area contributed by atoms with Crippen molar-refractivity contribution >= 4 is 17.5 Å². The zero-order valence-electron chi connectivity index (χ0n) is 12.9. The first-order valence-electron chi connectivity index (χ1n) is 7.36. The van der Waals surface area contributed by atoms with Crippen LogP contribution >= 0.6 is 11.6 Å². The molecule has 2 aromatic heterocycles. The Morgan fingerprint density at radius 3 is 2.80 bits per heavy atom. The Kier molecular flexibility index (Phi) is 4.90. The summed E-state index contributed by atoms with van der Waals surface area (Å²) in [6.45, 7) is 0.199. The molecular formula is C16H13ClFN5O2. The van der Waals surface area contributed by atoms with Crippen molar-refractivity contribution in [2.24, 2.45) is 0 Å². The Morgan fingerprint density at radius 2 is 2.08 bits per heavy atom. The van der Waals surface area contributed by atoms with E-state index in [4.69, 9.17) is 11.6 Å². The summed E-state index contributed by atoms with van der Waals surface area (Å²) in [5, 5.41) is 10.8. The fraction of sp³-hybridized carbons (Fsp3) is 0.125. The average molecular weight is 362 g/mol. The maximum Gasteiger partial charge on any atom is 0.266 e. The molecule has 0 radical (unpaired) electrons. The Hall–Kier alpha value is -3.00. The van der Waals surface area contributed by atoms with Gasteiger partial charge in [0.25, 0.3) is 11.5 Å². The van der Waals surface area contributed by atoms with Crippen LogP contribution in [0.25, 0.3) is 5.82 Å². The monoisotopic (exact) mass is 361 g/mol. The summed E-state index contributed by atoms with van der Waals surface area (Å²) in [6.07, 6.45) is 3.29. The number of carbonyl (C=O) groups excluding carboxylic acids is 1. The van der Waals surface area contributed by atoms with Crippen molar-refractivity contribution in [3.63, 3.8) is 0 Å². The highest BCUT2D eigenvalue weighted by molar-refractivity contribution is 6.33.